The van der Waals surface area contributed by atoms with E-state index in [-0.39, 0.29) is 0 Å². The van der Waals surface area contributed by atoms with E-state index in [4.69, 9.17) is 22.7 Å². The summed E-state index contributed by atoms with van der Waals surface area (Å²) in [4.78, 5) is 0.367. The van der Waals surface area contributed by atoms with Crippen molar-refractivity contribution in [3.05, 3.63) is 58.1 Å². The van der Waals surface area contributed by atoms with Gasteiger partial charge in [0.25, 0.3) is 0 Å². The lowest BCUT2D eigenvalue weighted by atomic mass is 10.1. The van der Waals surface area contributed by atoms with Crippen molar-refractivity contribution in [2.45, 2.75) is 6.54 Å². The van der Waals surface area contributed by atoms with Gasteiger partial charge in [0, 0.05) is 28.3 Å². The van der Waals surface area contributed by atoms with Crippen LogP contribution in [0.1, 0.15) is 11.1 Å². The molecule has 20 heavy (non-hydrogen) atoms. The maximum Gasteiger partial charge on any atom is 0.120 e. The molecule has 0 amide bonds. The summed E-state index contributed by atoms with van der Waals surface area (Å²) in [6.45, 7) is 0.691. The molecule has 0 fully saturated rings. The van der Waals surface area contributed by atoms with Crippen LogP contribution in [0.3, 0.4) is 0 Å². The Bertz CT molecular complexity index is 614. The number of halogens is 1. The van der Waals surface area contributed by atoms with Gasteiger partial charge in [-0.3, -0.25) is 0 Å². The van der Waals surface area contributed by atoms with Crippen LogP contribution in [0.2, 0.25) is 0 Å². The summed E-state index contributed by atoms with van der Waals surface area (Å²) < 4.78 is 6.29. The molecule has 2 aromatic carbocycles. The molecule has 0 aliphatic rings. The quantitative estimate of drug-likeness (QED) is 0.807. The summed E-state index contributed by atoms with van der Waals surface area (Å²) in [5, 5.41) is 3.34. The number of nitrogens with two attached hydrogens (primary N) is 1. The Morgan fingerprint density at radius 2 is 1.95 bits per heavy atom. The maximum atomic E-state index is 5.74. The lowest BCUT2D eigenvalue weighted by molar-refractivity contribution is 0.415. The smallest absolute Gasteiger partial charge is 0.120 e. The Morgan fingerprint density at radius 1 is 1.25 bits per heavy atom. The van der Waals surface area contributed by atoms with Crippen LogP contribution in [-0.2, 0) is 6.54 Å². The minimum Gasteiger partial charge on any atom is -0.497 e. The van der Waals surface area contributed by atoms with E-state index in [1.807, 2.05) is 30.3 Å². The Kier molecular flexibility index (Phi) is 4.98. The minimum atomic E-state index is 0.367. The van der Waals surface area contributed by atoms with Crippen LogP contribution in [0.5, 0.6) is 5.75 Å². The highest BCUT2D eigenvalue weighted by Crippen LogP contribution is 2.23. The number of methoxy groups -OCH3 is 1. The number of rotatable bonds is 5. The Labute approximate surface area is 132 Å². The molecule has 3 nitrogen and oxygen atoms in total. The fourth-order valence-electron chi connectivity index (χ4n) is 1.81. The molecule has 3 N–H and O–H groups in total. The average Bonchev–Trinajstić information content (AvgIpc) is 2.46. The van der Waals surface area contributed by atoms with Crippen LogP contribution >= 0.6 is 28.1 Å². The van der Waals surface area contributed by atoms with Gasteiger partial charge in [-0.2, -0.15) is 0 Å². The molecule has 2 rings (SSSR count). The van der Waals surface area contributed by atoms with Crippen LogP contribution in [-0.4, -0.2) is 12.1 Å². The summed E-state index contributed by atoms with van der Waals surface area (Å²) in [5.41, 5.74) is 8.60. The van der Waals surface area contributed by atoms with Gasteiger partial charge < -0.3 is 15.8 Å². The molecular weight excluding hydrogens is 336 g/mol. The Hall–Kier alpha value is -1.59. The largest absolute Gasteiger partial charge is 0.497 e. The maximum absolute atomic E-state index is 5.74. The number of hydrogen-bond donors (Lipinski definition) is 2. The van der Waals surface area contributed by atoms with Crippen LogP contribution in [0, 0.1) is 0 Å². The highest BCUT2D eigenvalue weighted by Gasteiger charge is 2.06. The van der Waals surface area contributed by atoms with Crippen molar-refractivity contribution in [1.29, 1.82) is 0 Å². The van der Waals surface area contributed by atoms with Gasteiger partial charge in [-0.05, 0) is 29.8 Å². The predicted octanol–water partition coefficient (Wildman–Crippen LogP) is 3.70. The van der Waals surface area contributed by atoms with E-state index < -0.39 is 0 Å². The SMILES string of the molecule is COc1ccc(C(N)=S)c(NCc2ccc(Br)cc2)c1. The van der Waals surface area contributed by atoms with Crippen LogP contribution in [0.15, 0.2) is 46.9 Å². The van der Waals surface area contributed by atoms with Gasteiger partial charge in [0.05, 0.1) is 7.11 Å². The van der Waals surface area contributed by atoms with Crippen molar-refractivity contribution >= 4 is 38.8 Å². The third kappa shape index (κ3) is 3.71. The predicted molar refractivity (Wildman–Crippen MR) is 90.4 cm³/mol. The zero-order chi connectivity index (χ0) is 14.5. The van der Waals surface area contributed by atoms with Gasteiger partial charge >= 0.3 is 0 Å². The van der Waals surface area contributed by atoms with Gasteiger partial charge in [0.1, 0.15) is 10.7 Å². The number of hydrogen-bond acceptors (Lipinski definition) is 3. The number of nitrogens with one attached hydrogen (secondary N) is 1. The van der Waals surface area contributed by atoms with E-state index in [2.05, 4.69) is 33.4 Å². The first kappa shape index (κ1) is 14.8. The Balaban J connectivity index is 2.18. The number of thiocarbonyl (C=S) groups is 1. The molecule has 0 spiro atoms. The molecule has 104 valence electrons. The molecule has 0 aliphatic heterocycles. The molecule has 0 unspecified atom stereocenters. The van der Waals surface area contributed by atoms with Gasteiger partial charge in [0.2, 0.25) is 0 Å². The van der Waals surface area contributed by atoms with E-state index >= 15 is 0 Å². The van der Waals surface area contributed by atoms with Gasteiger partial charge in [-0.25, -0.2) is 0 Å². The van der Waals surface area contributed by atoms with E-state index in [9.17, 15) is 0 Å². The van der Waals surface area contributed by atoms with Crippen LogP contribution in [0.4, 0.5) is 5.69 Å². The first-order chi connectivity index (χ1) is 9.60. The lowest BCUT2D eigenvalue weighted by Crippen LogP contribution is -2.13. The first-order valence-electron chi connectivity index (χ1n) is 6.06. The fourth-order valence-corrected chi connectivity index (χ4v) is 2.25. The zero-order valence-electron chi connectivity index (χ0n) is 11.0. The summed E-state index contributed by atoms with van der Waals surface area (Å²) in [6.07, 6.45) is 0. The van der Waals surface area contributed by atoms with Crippen molar-refractivity contribution in [3.8, 4) is 5.75 Å². The molecule has 0 saturated carbocycles. The van der Waals surface area contributed by atoms with E-state index in [1.54, 1.807) is 7.11 Å². The zero-order valence-corrected chi connectivity index (χ0v) is 13.4. The molecule has 0 bridgehead atoms. The second-order valence-corrected chi connectivity index (χ2v) is 5.61. The van der Waals surface area contributed by atoms with Gasteiger partial charge in [-0.1, -0.05) is 40.3 Å². The molecular formula is C15H15BrN2OS. The van der Waals surface area contributed by atoms with Gasteiger partial charge in [0.15, 0.2) is 0 Å². The average molecular weight is 351 g/mol. The molecule has 0 atom stereocenters. The molecule has 2 aromatic rings. The van der Waals surface area contributed by atoms with Crippen molar-refractivity contribution < 1.29 is 4.74 Å². The molecule has 0 saturated heterocycles. The summed E-state index contributed by atoms with van der Waals surface area (Å²) in [7, 11) is 1.63. The topological polar surface area (TPSA) is 47.3 Å². The number of benzene rings is 2. The standard InChI is InChI=1S/C15H15BrN2OS/c1-19-12-6-7-13(15(17)20)14(8-12)18-9-10-2-4-11(16)5-3-10/h2-8,18H,9H2,1H3,(H2,17,20). The van der Waals surface area contributed by atoms with Crippen molar-refractivity contribution in [2.75, 3.05) is 12.4 Å². The van der Waals surface area contributed by atoms with Crippen LogP contribution in [0.25, 0.3) is 0 Å². The molecule has 0 aromatic heterocycles. The molecule has 5 heteroatoms. The molecule has 0 heterocycles. The van der Waals surface area contributed by atoms with E-state index in [0.29, 0.717) is 11.5 Å². The third-order valence-electron chi connectivity index (χ3n) is 2.89. The molecule has 0 radical (unpaired) electrons. The summed E-state index contributed by atoms with van der Waals surface area (Å²) >= 11 is 8.49. The second kappa shape index (κ2) is 6.72. The minimum absolute atomic E-state index is 0.367. The summed E-state index contributed by atoms with van der Waals surface area (Å²) in [5.74, 6) is 0.767. The van der Waals surface area contributed by atoms with Crippen molar-refractivity contribution in [2.24, 2.45) is 5.73 Å². The Morgan fingerprint density at radius 3 is 2.55 bits per heavy atom. The third-order valence-corrected chi connectivity index (χ3v) is 3.64. The first-order valence-corrected chi connectivity index (χ1v) is 7.26. The lowest BCUT2D eigenvalue weighted by Gasteiger charge is -2.13. The normalized spacial score (nSPS) is 10.1. The summed E-state index contributed by atoms with van der Waals surface area (Å²) in [6, 6.07) is 13.7. The monoisotopic (exact) mass is 350 g/mol. The number of anilines is 1. The number of ether oxygens (including phenoxy) is 1. The van der Waals surface area contributed by atoms with Crippen molar-refractivity contribution in [1.82, 2.24) is 0 Å². The van der Waals surface area contributed by atoms with E-state index in [0.717, 1.165) is 21.5 Å². The van der Waals surface area contributed by atoms with E-state index in [1.165, 1.54) is 5.56 Å². The fraction of sp³-hybridized carbons (Fsp3) is 0.133. The van der Waals surface area contributed by atoms with Crippen molar-refractivity contribution in [3.63, 3.8) is 0 Å². The molecule has 0 aliphatic carbocycles. The van der Waals surface area contributed by atoms with Gasteiger partial charge in [-0.15, -0.1) is 0 Å². The second-order valence-electron chi connectivity index (χ2n) is 4.26. The highest BCUT2D eigenvalue weighted by atomic mass is 79.9. The van der Waals surface area contributed by atoms with Crippen LogP contribution < -0.4 is 15.8 Å². The highest BCUT2D eigenvalue weighted by molar-refractivity contribution is 9.10.